The topological polar surface area (TPSA) is 98.5 Å². The minimum atomic E-state index is -4.08. The highest BCUT2D eigenvalue weighted by atomic mass is 35.5. The number of carbonyl (C=O) groups excluding carboxylic acids is 1. The summed E-state index contributed by atoms with van der Waals surface area (Å²) in [6.07, 6.45) is 1.05. The first-order valence-electron chi connectivity index (χ1n) is 7.39. The molecule has 0 atom stereocenters. The summed E-state index contributed by atoms with van der Waals surface area (Å²) in [5.41, 5.74) is 0. The molecule has 0 spiro atoms. The van der Waals surface area contributed by atoms with Crippen LogP contribution in [0.3, 0.4) is 0 Å². The van der Waals surface area contributed by atoms with Crippen molar-refractivity contribution in [3.63, 3.8) is 0 Å². The highest BCUT2D eigenvalue weighted by Gasteiger charge is 2.21. The number of nitrogens with zero attached hydrogens (tertiary/aromatic N) is 1. The molecule has 0 bridgehead atoms. The summed E-state index contributed by atoms with van der Waals surface area (Å²) >= 11 is 5.62. The molecule has 1 aromatic carbocycles. The molecule has 7 nitrogen and oxygen atoms in total. The van der Waals surface area contributed by atoms with E-state index in [9.17, 15) is 13.2 Å². The van der Waals surface area contributed by atoms with E-state index in [1.165, 1.54) is 24.3 Å². The zero-order valence-corrected chi connectivity index (χ0v) is 14.8. The second-order valence-electron chi connectivity index (χ2n) is 5.12. The van der Waals surface area contributed by atoms with Crippen molar-refractivity contribution in [2.75, 3.05) is 0 Å². The summed E-state index contributed by atoms with van der Waals surface area (Å²) in [5, 5.41) is 0.143. The first-order valence-corrected chi connectivity index (χ1v) is 9.25. The fourth-order valence-corrected chi connectivity index (χ4v) is 3.01. The molecule has 134 valence electrons. The van der Waals surface area contributed by atoms with Gasteiger partial charge in [-0.3, -0.25) is 4.79 Å². The normalized spacial score (nSPS) is 11.1. The van der Waals surface area contributed by atoms with Crippen LogP contribution >= 0.6 is 11.6 Å². The summed E-state index contributed by atoms with van der Waals surface area (Å²) in [6, 6.07) is 14.5. The lowest BCUT2D eigenvalue weighted by atomic mass is 10.3. The molecule has 0 unspecified atom stereocenters. The second kappa shape index (κ2) is 7.59. The summed E-state index contributed by atoms with van der Waals surface area (Å²) in [4.78, 5) is 15.6. The van der Waals surface area contributed by atoms with Crippen molar-refractivity contribution in [2.24, 2.45) is 0 Å². The number of para-hydroxylation sites is 1. The number of nitrogens with one attached hydrogen (secondary N) is 1. The van der Waals surface area contributed by atoms with E-state index in [0.717, 1.165) is 6.20 Å². The molecule has 0 saturated carbocycles. The molecule has 0 aliphatic rings. The molecule has 2 aromatic heterocycles. The monoisotopic (exact) mass is 392 g/mol. The molecule has 3 rings (SSSR count). The summed E-state index contributed by atoms with van der Waals surface area (Å²) < 4.78 is 37.1. The maximum Gasteiger partial charge on any atom is 0.300 e. The van der Waals surface area contributed by atoms with Gasteiger partial charge < -0.3 is 9.15 Å². The average Bonchev–Trinajstić information content (AvgIpc) is 3.10. The van der Waals surface area contributed by atoms with Crippen molar-refractivity contribution in [1.29, 1.82) is 0 Å². The van der Waals surface area contributed by atoms with Crippen molar-refractivity contribution in [3.05, 3.63) is 77.5 Å². The van der Waals surface area contributed by atoms with Gasteiger partial charge in [-0.15, -0.1) is 0 Å². The van der Waals surface area contributed by atoms with Crippen molar-refractivity contribution < 1.29 is 22.4 Å². The van der Waals surface area contributed by atoms with Gasteiger partial charge in [-0.25, -0.2) is 18.1 Å². The number of rotatable bonds is 6. The highest BCUT2D eigenvalue weighted by Crippen LogP contribution is 2.15. The number of benzene rings is 1. The first-order chi connectivity index (χ1) is 12.4. The summed E-state index contributed by atoms with van der Waals surface area (Å²) in [5.74, 6) is -0.0228. The molecule has 0 radical (unpaired) electrons. The number of amides is 1. The van der Waals surface area contributed by atoms with Crippen LogP contribution in [0.25, 0.3) is 0 Å². The minimum Gasteiger partial charge on any atom is -0.486 e. The molecule has 0 fully saturated rings. The van der Waals surface area contributed by atoms with Gasteiger partial charge in [-0.2, -0.15) is 0 Å². The highest BCUT2D eigenvalue weighted by molar-refractivity contribution is 7.90. The Labute approximate surface area is 154 Å². The van der Waals surface area contributed by atoms with Crippen LogP contribution < -0.4 is 9.46 Å². The van der Waals surface area contributed by atoms with Crippen LogP contribution in [0.1, 0.15) is 16.3 Å². The van der Waals surface area contributed by atoms with Crippen LogP contribution in [-0.2, 0) is 16.6 Å². The largest absolute Gasteiger partial charge is 0.486 e. The molecular formula is C17H13ClN2O5S. The Kier molecular flexibility index (Phi) is 5.24. The van der Waals surface area contributed by atoms with E-state index in [4.69, 9.17) is 20.8 Å². The molecule has 0 saturated heterocycles. The molecule has 2 heterocycles. The van der Waals surface area contributed by atoms with Gasteiger partial charge in [0.15, 0.2) is 5.76 Å². The number of pyridine rings is 1. The quantitative estimate of drug-likeness (QED) is 0.647. The second-order valence-corrected chi connectivity index (χ2v) is 7.19. The van der Waals surface area contributed by atoms with E-state index >= 15 is 0 Å². The lowest BCUT2D eigenvalue weighted by Gasteiger charge is -2.05. The van der Waals surface area contributed by atoms with Crippen LogP contribution in [0.2, 0.25) is 5.15 Å². The SMILES string of the molecule is O=C(NS(=O)(=O)c1ccc(Cl)nc1)c1ccc(COc2ccccc2)o1. The number of sulfonamides is 1. The van der Waals surface area contributed by atoms with Crippen LogP contribution in [0.4, 0.5) is 0 Å². The van der Waals surface area contributed by atoms with Gasteiger partial charge in [0.1, 0.15) is 28.2 Å². The zero-order valence-electron chi connectivity index (χ0n) is 13.3. The lowest BCUT2D eigenvalue weighted by Crippen LogP contribution is -2.30. The Bertz CT molecular complexity index is 1000. The summed E-state index contributed by atoms with van der Waals surface area (Å²) in [7, 11) is -4.08. The van der Waals surface area contributed by atoms with Crippen molar-refractivity contribution in [2.45, 2.75) is 11.5 Å². The van der Waals surface area contributed by atoms with Crippen LogP contribution in [-0.4, -0.2) is 19.3 Å². The van der Waals surface area contributed by atoms with Crippen molar-refractivity contribution in [1.82, 2.24) is 9.71 Å². The van der Waals surface area contributed by atoms with Gasteiger partial charge in [0, 0.05) is 6.20 Å². The van der Waals surface area contributed by atoms with Gasteiger partial charge in [0.05, 0.1) is 0 Å². The zero-order chi connectivity index (χ0) is 18.6. The van der Waals surface area contributed by atoms with E-state index < -0.39 is 15.9 Å². The maximum atomic E-state index is 12.2. The van der Waals surface area contributed by atoms with E-state index in [0.29, 0.717) is 11.5 Å². The van der Waals surface area contributed by atoms with E-state index in [1.54, 1.807) is 12.1 Å². The fourth-order valence-electron chi connectivity index (χ4n) is 2.00. The van der Waals surface area contributed by atoms with E-state index in [2.05, 4.69) is 4.98 Å². The Morgan fingerprint density at radius 2 is 1.88 bits per heavy atom. The predicted octanol–water partition coefficient (Wildman–Crippen LogP) is 3.03. The third-order valence-electron chi connectivity index (χ3n) is 3.25. The van der Waals surface area contributed by atoms with Crippen molar-refractivity contribution in [3.8, 4) is 5.75 Å². The van der Waals surface area contributed by atoms with Gasteiger partial charge in [-0.1, -0.05) is 29.8 Å². The summed E-state index contributed by atoms with van der Waals surface area (Å²) in [6.45, 7) is 0.102. The number of halogens is 1. The number of hydrogen-bond donors (Lipinski definition) is 1. The smallest absolute Gasteiger partial charge is 0.300 e. The maximum absolute atomic E-state index is 12.2. The number of ether oxygens (including phenoxy) is 1. The number of furan rings is 1. The van der Waals surface area contributed by atoms with Gasteiger partial charge in [-0.05, 0) is 36.4 Å². The third-order valence-corrected chi connectivity index (χ3v) is 4.79. The average molecular weight is 393 g/mol. The molecular weight excluding hydrogens is 380 g/mol. The standard InChI is InChI=1S/C17H13ClN2O5S/c18-16-9-7-14(10-19-16)26(22,23)20-17(21)15-8-6-13(25-15)11-24-12-4-2-1-3-5-12/h1-10H,11H2,(H,20,21). The Morgan fingerprint density at radius 3 is 2.58 bits per heavy atom. The van der Waals surface area contributed by atoms with Gasteiger partial charge >= 0.3 is 5.91 Å². The Hall–Kier alpha value is -2.84. The molecule has 0 aliphatic carbocycles. The molecule has 1 N–H and O–H groups in total. The third kappa shape index (κ3) is 4.41. The molecule has 26 heavy (non-hydrogen) atoms. The molecule has 1 amide bonds. The number of aromatic nitrogens is 1. The van der Waals surface area contributed by atoms with Crippen LogP contribution in [0, 0.1) is 0 Å². The minimum absolute atomic E-state index is 0.102. The number of hydrogen-bond acceptors (Lipinski definition) is 6. The van der Waals surface area contributed by atoms with Crippen LogP contribution in [0.15, 0.2) is 70.1 Å². The lowest BCUT2D eigenvalue weighted by molar-refractivity contribution is 0.0950. The van der Waals surface area contributed by atoms with Gasteiger partial charge in [0.25, 0.3) is 10.0 Å². The predicted molar refractivity (Wildman–Crippen MR) is 93.4 cm³/mol. The van der Waals surface area contributed by atoms with Crippen LogP contribution in [0.5, 0.6) is 5.75 Å². The van der Waals surface area contributed by atoms with E-state index in [-0.39, 0.29) is 22.4 Å². The fraction of sp³-hybridized carbons (Fsp3) is 0.0588. The molecule has 3 aromatic rings. The Morgan fingerprint density at radius 1 is 1.12 bits per heavy atom. The molecule has 0 aliphatic heterocycles. The number of carbonyl (C=O) groups is 1. The van der Waals surface area contributed by atoms with Crippen molar-refractivity contribution >= 4 is 27.5 Å². The van der Waals surface area contributed by atoms with Gasteiger partial charge in [0.2, 0.25) is 0 Å². The van der Waals surface area contributed by atoms with E-state index in [1.807, 2.05) is 22.9 Å². The molecule has 9 heteroatoms. The Balaban J connectivity index is 1.65. The first kappa shape index (κ1) is 18.0.